The highest BCUT2D eigenvalue weighted by Gasteiger charge is 2.31. The molecule has 114 valence electrons. The van der Waals surface area contributed by atoms with Gasteiger partial charge in [-0.2, -0.15) is 4.31 Å². The van der Waals surface area contributed by atoms with E-state index in [9.17, 15) is 13.2 Å². The molecule has 0 saturated carbocycles. The molecule has 2 aromatic heterocycles. The maximum atomic E-state index is 12.7. The van der Waals surface area contributed by atoms with Crippen LogP contribution in [0.15, 0.2) is 27.2 Å². The van der Waals surface area contributed by atoms with Crippen molar-refractivity contribution in [2.75, 3.05) is 13.7 Å². The SMILES string of the molecule is CCN(Cc1cccs1)S(=O)(=O)c1scnc1C(=O)OC. The van der Waals surface area contributed by atoms with E-state index >= 15 is 0 Å². The van der Waals surface area contributed by atoms with Crippen molar-refractivity contribution in [3.05, 3.63) is 33.6 Å². The van der Waals surface area contributed by atoms with E-state index in [4.69, 9.17) is 0 Å². The minimum absolute atomic E-state index is 0.0762. The number of thiophene rings is 1. The summed E-state index contributed by atoms with van der Waals surface area (Å²) in [5, 5.41) is 1.89. The molecule has 0 unspecified atom stereocenters. The Bertz CT molecular complexity index is 707. The van der Waals surface area contributed by atoms with E-state index in [0.717, 1.165) is 16.2 Å². The van der Waals surface area contributed by atoms with Crippen molar-refractivity contribution in [2.24, 2.45) is 0 Å². The van der Waals surface area contributed by atoms with Gasteiger partial charge in [-0.15, -0.1) is 22.7 Å². The number of thiazole rings is 1. The number of sulfonamides is 1. The molecule has 0 aliphatic carbocycles. The van der Waals surface area contributed by atoms with Crippen LogP contribution in [0.3, 0.4) is 0 Å². The van der Waals surface area contributed by atoms with Gasteiger partial charge in [0.2, 0.25) is 0 Å². The van der Waals surface area contributed by atoms with Crippen LogP contribution in [0, 0.1) is 0 Å². The fourth-order valence-electron chi connectivity index (χ4n) is 1.71. The molecule has 0 atom stereocenters. The second-order valence-electron chi connectivity index (χ2n) is 3.99. The predicted molar refractivity (Wildman–Crippen MR) is 81.0 cm³/mol. The Hall–Kier alpha value is -1.29. The second-order valence-corrected chi connectivity index (χ2v) is 8.01. The first-order valence-electron chi connectivity index (χ1n) is 6.05. The second kappa shape index (κ2) is 6.65. The molecule has 0 saturated heterocycles. The Morgan fingerprint density at radius 3 is 2.76 bits per heavy atom. The van der Waals surface area contributed by atoms with Crippen molar-refractivity contribution in [2.45, 2.75) is 17.7 Å². The van der Waals surface area contributed by atoms with E-state index in [0.29, 0.717) is 6.54 Å². The molecule has 0 spiro atoms. The smallest absolute Gasteiger partial charge is 0.358 e. The molecule has 0 amide bonds. The summed E-state index contributed by atoms with van der Waals surface area (Å²) < 4.78 is 31.2. The predicted octanol–water partition coefficient (Wildman–Crippen LogP) is 2.20. The van der Waals surface area contributed by atoms with E-state index in [-0.39, 0.29) is 16.4 Å². The molecule has 6 nitrogen and oxygen atoms in total. The number of ether oxygens (including phenoxy) is 1. The topological polar surface area (TPSA) is 76.6 Å². The summed E-state index contributed by atoms with van der Waals surface area (Å²) in [5.41, 5.74) is 1.17. The lowest BCUT2D eigenvalue weighted by atomic mass is 10.4. The van der Waals surface area contributed by atoms with Crippen molar-refractivity contribution >= 4 is 38.7 Å². The maximum absolute atomic E-state index is 12.7. The van der Waals surface area contributed by atoms with Crippen molar-refractivity contribution in [1.82, 2.24) is 9.29 Å². The summed E-state index contributed by atoms with van der Waals surface area (Å²) >= 11 is 2.40. The van der Waals surface area contributed by atoms with Crippen molar-refractivity contribution < 1.29 is 17.9 Å². The van der Waals surface area contributed by atoms with Gasteiger partial charge in [0.25, 0.3) is 10.0 Å². The molecule has 2 heterocycles. The molecule has 21 heavy (non-hydrogen) atoms. The molecule has 9 heteroatoms. The van der Waals surface area contributed by atoms with Crippen LogP contribution in [0.4, 0.5) is 0 Å². The molecule has 0 aliphatic rings. The number of esters is 1. The maximum Gasteiger partial charge on any atom is 0.358 e. The number of rotatable bonds is 6. The van der Waals surface area contributed by atoms with Crippen molar-refractivity contribution in [1.29, 1.82) is 0 Å². The number of aromatic nitrogens is 1. The van der Waals surface area contributed by atoms with Gasteiger partial charge in [-0.25, -0.2) is 18.2 Å². The van der Waals surface area contributed by atoms with Gasteiger partial charge in [0, 0.05) is 18.0 Å². The van der Waals surface area contributed by atoms with Crippen LogP contribution in [0.5, 0.6) is 0 Å². The summed E-state index contributed by atoms with van der Waals surface area (Å²) in [6, 6.07) is 3.74. The van der Waals surface area contributed by atoms with Crippen molar-refractivity contribution in [3.63, 3.8) is 0 Å². The highest BCUT2D eigenvalue weighted by atomic mass is 32.2. The Morgan fingerprint density at radius 1 is 1.43 bits per heavy atom. The van der Waals surface area contributed by atoms with Crippen LogP contribution < -0.4 is 0 Å². The lowest BCUT2D eigenvalue weighted by Gasteiger charge is -2.19. The van der Waals surface area contributed by atoms with E-state index in [1.165, 1.54) is 28.3 Å². The summed E-state index contributed by atoms with van der Waals surface area (Å²) in [4.78, 5) is 16.4. The van der Waals surface area contributed by atoms with Gasteiger partial charge in [0.15, 0.2) is 9.90 Å². The van der Waals surface area contributed by atoms with Gasteiger partial charge in [-0.3, -0.25) is 0 Å². The van der Waals surface area contributed by atoms with Gasteiger partial charge in [0.05, 0.1) is 12.6 Å². The molecular formula is C12H14N2O4S3. The Morgan fingerprint density at radius 2 is 2.19 bits per heavy atom. The molecule has 0 fully saturated rings. The van der Waals surface area contributed by atoms with Crippen LogP contribution in [0.1, 0.15) is 22.3 Å². The summed E-state index contributed by atoms with van der Waals surface area (Å²) in [7, 11) is -2.58. The van der Waals surface area contributed by atoms with Gasteiger partial charge in [0.1, 0.15) is 0 Å². The van der Waals surface area contributed by atoms with Crippen LogP contribution in [-0.4, -0.2) is 37.3 Å². The number of nitrogens with zero attached hydrogens (tertiary/aromatic N) is 2. The highest BCUT2D eigenvalue weighted by molar-refractivity contribution is 7.91. The zero-order chi connectivity index (χ0) is 15.5. The third kappa shape index (κ3) is 3.31. The fourth-order valence-corrected chi connectivity index (χ4v) is 5.21. The molecule has 0 radical (unpaired) electrons. The number of hydrogen-bond donors (Lipinski definition) is 0. The first-order valence-corrected chi connectivity index (χ1v) is 9.25. The lowest BCUT2D eigenvalue weighted by molar-refractivity contribution is 0.0590. The number of hydrogen-bond acceptors (Lipinski definition) is 7. The lowest BCUT2D eigenvalue weighted by Crippen LogP contribution is -2.30. The largest absolute Gasteiger partial charge is 0.464 e. The van der Waals surface area contributed by atoms with E-state index in [2.05, 4.69) is 9.72 Å². The standard InChI is InChI=1S/C12H14N2O4S3/c1-3-14(7-9-5-4-6-19-9)21(16,17)12-10(11(15)18-2)13-8-20-12/h4-6,8H,3,7H2,1-2H3. The quantitative estimate of drug-likeness (QED) is 0.750. The van der Waals surface area contributed by atoms with E-state index in [1.807, 2.05) is 17.5 Å². The van der Waals surface area contributed by atoms with Gasteiger partial charge < -0.3 is 4.74 Å². The van der Waals surface area contributed by atoms with Crippen molar-refractivity contribution in [3.8, 4) is 0 Å². The molecule has 0 aromatic carbocycles. The first-order chi connectivity index (χ1) is 10.0. The average molecular weight is 346 g/mol. The zero-order valence-electron chi connectivity index (χ0n) is 11.5. The Balaban J connectivity index is 2.36. The van der Waals surface area contributed by atoms with Gasteiger partial charge in [-0.1, -0.05) is 13.0 Å². The van der Waals surface area contributed by atoms with Crippen LogP contribution in [-0.2, 0) is 21.3 Å². The number of methoxy groups -OCH3 is 1. The number of carbonyl (C=O) groups is 1. The van der Waals surface area contributed by atoms with Gasteiger partial charge >= 0.3 is 5.97 Å². The monoisotopic (exact) mass is 346 g/mol. The summed E-state index contributed by atoms with van der Waals surface area (Å²) in [6.07, 6.45) is 0. The Kier molecular flexibility index (Phi) is 5.09. The minimum atomic E-state index is -3.77. The fraction of sp³-hybridized carbons (Fsp3) is 0.333. The Labute approximate surface area is 131 Å². The highest BCUT2D eigenvalue weighted by Crippen LogP contribution is 2.26. The first kappa shape index (κ1) is 16.1. The third-order valence-electron chi connectivity index (χ3n) is 2.75. The van der Waals surface area contributed by atoms with E-state index < -0.39 is 16.0 Å². The van der Waals surface area contributed by atoms with E-state index in [1.54, 1.807) is 6.92 Å². The summed E-state index contributed by atoms with van der Waals surface area (Å²) in [5.74, 6) is -0.748. The zero-order valence-corrected chi connectivity index (χ0v) is 13.9. The molecule has 0 bridgehead atoms. The van der Waals surface area contributed by atoms with Crippen LogP contribution in [0.2, 0.25) is 0 Å². The molecule has 2 rings (SSSR count). The minimum Gasteiger partial charge on any atom is -0.464 e. The molecular weight excluding hydrogens is 332 g/mol. The average Bonchev–Trinajstić information content (AvgIpc) is 3.14. The third-order valence-corrected chi connectivity index (χ3v) is 6.88. The normalized spacial score (nSPS) is 11.8. The van der Waals surface area contributed by atoms with Crippen LogP contribution in [0.25, 0.3) is 0 Å². The van der Waals surface area contributed by atoms with Crippen LogP contribution >= 0.6 is 22.7 Å². The van der Waals surface area contributed by atoms with Gasteiger partial charge in [-0.05, 0) is 11.4 Å². The molecule has 2 aromatic rings. The number of carbonyl (C=O) groups excluding carboxylic acids is 1. The summed E-state index contributed by atoms with van der Waals surface area (Å²) in [6.45, 7) is 2.33. The molecule has 0 aliphatic heterocycles. The molecule has 0 N–H and O–H groups in total.